The van der Waals surface area contributed by atoms with E-state index >= 15 is 0 Å². The number of hydrogen-bond donors (Lipinski definition) is 1. The number of methoxy groups -OCH3 is 2. The number of anilines is 1. The molecule has 2 amide bonds. The molecule has 0 aliphatic carbocycles. The molecular weight excluding hydrogens is 442 g/mol. The van der Waals surface area contributed by atoms with E-state index in [9.17, 15) is 9.59 Å². The molecule has 2 fully saturated rings. The predicted octanol–water partition coefficient (Wildman–Crippen LogP) is 3.75. The maximum Gasteiger partial charge on any atom is 0.258 e. The molecule has 0 aromatic heterocycles. The summed E-state index contributed by atoms with van der Waals surface area (Å²) in [4.78, 5) is 30.3. The number of nitrogens with one attached hydrogen (secondary N) is 1. The van der Waals surface area contributed by atoms with Crippen LogP contribution >= 0.6 is 11.6 Å². The van der Waals surface area contributed by atoms with E-state index < -0.39 is 6.04 Å². The second kappa shape index (κ2) is 10.3. The van der Waals surface area contributed by atoms with E-state index in [0.29, 0.717) is 29.3 Å². The first kappa shape index (κ1) is 23.2. The van der Waals surface area contributed by atoms with Crippen molar-refractivity contribution in [1.82, 2.24) is 10.2 Å². The van der Waals surface area contributed by atoms with Gasteiger partial charge in [0.1, 0.15) is 17.5 Å². The van der Waals surface area contributed by atoms with Crippen molar-refractivity contribution >= 4 is 29.1 Å². The van der Waals surface area contributed by atoms with Crippen molar-refractivity contribution in [2.75, 3.05) is 38.8 Å². The van der Waals surface area contributed by atoms with Crippen molar-refractivity contribution in [3.8, 4) is 11.5 Å². The summed E-state index contributed by atoms with van der Waals surface area (Å²) >= 11 is 6.11. The van der Waals surface area contributed by atoms with Gasteiger partial charge in [-0.1, -0.05) is 11.6 Å². The minimum absolute atomic E-state index is 0.0789. The molecule has 1 atom stereocenters. The molecule has 2 aromatic rings. The lowest BCUT2D eigenvalue weighted by Gasteiger charge is -2.35. The lowest BCUT2D eigenvalue weighted by Crippen LogP contribution is -2.51. The number of nitrogens with zero attached hydrogens (tertiary/aromatic N) is 2. The second-order valence-electron chi connectivity index (χ2n) is 8.47. The van der Waals surface area contributed by atoms with Crippen LogP contribution in [0.4, 0.5) is 5.69 Å². The van der Waals surface area contributed by atoms with E-state index in [2.05, 4.69) is 22.3 Å². The van der Waals surface area contributed by atoms with Crippen LogP contribution in [0.25, 0.3) is 0 Å². The number of halogens is 1. The fourth-order valence-corrected chi connectivity index (χ4v) is 4.83. The van der Waals surface area contributed by atoms with Gasteiger partial charge in [0.25, 0.3) is 5.91 Å². The Hall–Kier alpha value is -2.93. The summed E-state index contributed by atoms with van der Waals surface area (Å²) in [6.07, 6.45) is 3.18. The summed E-state index contributed by atoms with van der Waals surface area (Å²) in [5, 5.41) is 3.65. The Morgan fingerprint density at radius 2 is 1.70 bits per heavy atom. The van der Waals surface area contributed by atoms with Crippen LogP contribution in [0.3, 0.4) is 0 Å². The van der Waals surface area contributed by atoms with Crippen molar-refractivity contribution < 1.29 is 19.1 Å². The Bertz CT molecular complexity index is 990. The number of amides is 2. The van der Waals surface area contributed by atoms with Crippen molar-refractivity contribution in [2.45, 2.75) is 37.8 Å². The monoisotopic (exact) mass is 471 g/mol. The Balaban J connectivity index is 1.35. The number of carbonyl (C=O) groups excluding carboxylic acids is 2. The van der Waals surface area contributed by atoms with Crippen molar-refractivity contribution in [3.63, 3.8) is 0 Å². The van der Waals surface area contributed by atoms with Gasteiger partial charge >= 0.3 is 0 Å². The van der Waals surface area contributed by atoms with Crippen LogP contribution in [0, 0.1) is 0 Å². The first-order valence-corrected chi connectivity index (χ1v) is 11.7. The molecule has 7 nitrogen and oxygen atoms in total. The van der Waals surface area contributed by atoms with Crippen LogP contribution in [0.15, 0.2) is 42.5 Å². The molecule has 2 aliphatic rings. The van der Waals surface area contributed by atoms with E-state index in [1.54, 1.807) is 30.2 Å². The Kier molecular flexibility index (Phi) is 7.28. The molecule has 8 heteroatoms. The van der Waals surface area contributed by atoms with Crippen molar-refractivity contribution in [2.24, 2.45) is 0 Å². The lowest BCUT2D eigenvalue weighted by atomic mass is 10.0. The first-order valence-electron chi connectivity index (χ1n) is 11.3. The fourth-order valence-electron chi connectivity index (χ4n) is 4.66. The highest BCUT2D eigenvalue weighted by atomic mass is 35.5. The number of carbonyl (C=O) groups is 2. The smallest absolute Gasteiger partial charge is 0.258 e. The molecule has 1 N–H and O–H groups in total. The van der Waals surface area contributed by atoms with Crippen LogP contribution in [0.1, 0.15) is 36.0 Å². The van der Waals surface area contributed by atoms with Crippen LogP contribution in [0.5, 0.6) is 11.5 Å². The van der Waals surface area contributed by atoms with Gasteiger partial charge in [0, 0.05) is 36.4 Å². The summed E-state index contributed by atoms with van der Waals surface area (Å²) < 4.78 is 10.6. The number of benzene rings is 2. The number of hydrogen-bond acceptors (Lipinski definition) is 5. The molecule has 33 heavy (non-hydrogen) atoms. The molecule has 2 heterocycles. The van der Waals surface area contributed by atoms with Crippen molar-refractivity contribution in [3.05, 3.63) is 53.1 Å². The van der Waals surface area contributed by atoms with Gasteiger partial charge in [0.15, 0.2) is 0 Å². The molecule has 2 aromatic carbocycles. The van der Waals surface area contributed by atoms with Crippen LogP contribution in [0.2, 0.25) is 5.02 Å². The van der Waals surface area contributed by atoms with E-state index in [-0.39, 0.29) is 17.9 Å². The highest BCUT2D eigenvalue weighted by molar-refractivity contribution is 6.31. The second-order valence-corrected chi connectivity index (χ2v) is 8.91. The highest BCUT2D eigenvalue weighted by Gasteiger charge is 2.36. The molecule has 1 unspecified atom stereocenters. The average molecular weight is 472 g/mol. The largest absolute Gasteiger partial charge is 0.497 e. The molecular formula is C25H30ClN3O4. The normalized spacial score (nSPS) is 18.8. The van der Waals surface area contributed by atoms with Crippen LogP contribution in [-0.4, -0.2) is 62.7 Å². The lowest BCUT2D eigenvalue weighted by molar-refractivity contribution is -0.125. The van der Waals surface area contributed by atoms with E-state index in [1.807, 2.05) is 12.1 Å². The van der Waals surface area contributed by atoms with Gasteiger partial charge in [0.2, 0.25) is 5.91 Å². The highest BCUT2D eigenvalue weighted by Crippen LogP contribution is 2.28. The van der Waals surface area contributed by atoms with Gasteiger partial charge in [-0.2, -0.15) is 0 Å². The number of piperidine rings is 1. The van der Waals surface area contributed by atoms with Crippen LogP contribution < -0.4 is 19.7 Å². The topological polar surface area (TPSA) is 71.1 Å². The van der Waals surface area contributed by atoms with Gasteiger partial charge in [-0.25, -0.2) is 0 Å². The molecule has 0 radical (unpaired) electrons. The first-order chi connectivity index (χ1) is 16.0. The molecule has 4 rings (SSSR count). The van der Waals surface area contributed by atoms with Gasteiger partial charge < -0.3 is 24.6 Å². The summed E-state index contributed by atoms with van der Waals surface area (Å²) in [7, 11) is 3.18. The quantitative estimate of drug-likeness (QED) is 0.694. The molecule has 2 aliphatic heterocycles. The third kappa shape index (κ3) is 5.19. The number of ether oxygens (including phenoxy) is 2. The summed E-state index contributed by atoms with van der Waals surface area (Å²) in [6.45, 7) is 2.27. The molecule has 0 bridgehead atoms. The number of likely N-dealkylation sites (tertiary alicyclic amines) is 1. The Labute approximate surface area is 199 Å². The van der Waals surface area contributed by atoms with E-state index in [0.717, 1.165) is 43.8 Å². The average Bonchev–Trinajstić information content (AvgIpc) is 3.34. The zero-order chi connectivity index (χ0) is 23.4. The van der Waals surface area contributed by atoms with Gasteiger partial charge in [-0.3, -0.25) is 9.59 Å². The third-order valence-electron chi connectivity index (χ3n) is 6.49. The zero-order valence-electron chi connectivity index (χ0n) is 19.1. The predicted molar refractivity (Wildman–Crippen MR) is 128 cm³/mol. The zero-order valence-corrected chi connectivity index (χ0v) is 19.8. The molecule has 176 valence electrons. The summed E-state index contributed by atoms with van der Waals surface area (Å²) in [5.74, 6) is 0.999. The minimum Gasteiger partial charge on any atom is -0.497 e. The molecule has 0 spiro atoms. The minimum atomic E-state index is -0.471. The Morgan fingerprint density at radius 1 is 0.970 bits per heavy atom. The SMILES string of the molecule is COc1ccc(N2CCC(NC(=O)C3CCCN3C(=O)c3cc(Cl)ccc3OC)CC2)cc1. The summed E-state index contributed by atoms with van der Waals surface area (Å²) in [6, 6.07) is 12.6. The summed E-state index contributed by atoms with van der Waals surface area (Å²) in [5.41, 5.74) is 1.54. The fraction of sp³-hybridized carbons (Fsp3) is 0.440. The van der Waals surface area contributed by atoms with Gasteiger partial charge in [-0.05, 0) is 68.1 Å². The third-order valence-corrected chi connectivity index (χ3v) is 6.72. The van der Waals surface area contributed by atoms with E-state index in [1.165, 1.54) is 7.11 Å². The van der Waals surface area contributed by atoms with Gasteiger partial charge in [-0.15, -0.1) is 0 Å². The van der Waals surface area contributed by atoms with E-state index in [4.69, 9.17) is 21.1 Å². The standard InChI is InChI=1S/C25H30ClN3O4/c1-32-20-8-6-19(7-9-20)28-14-11-18(12-15-28)27-24(30)22-4-3-13-29(22)25(31)21-16-17(26)5-10-23(21)33-2/h5-10,16,18,22H,3-4,11-15H2,1-2H3,(H,27,30). The van der Waals surface area contributed by atoms with Crippen LogP contribution in [-0.2, 0) is 4.79 Å². The maximum atomic E-state index is 13.2. The molecule has 2 saturated heterocycles. The van der Waals surface area contributed by atoms with Crippen molar-refractivity contribution in [1.29, 1.82) is 0 Å². The Morgan fingerprint density at radius 3 is 2.36 bits per heavy atom. The maximum absolute atomic E-state index is 13.2. The van der Waals surface area contributed by atoms with Gasteiger partial charge in [0.05, 0.1) is 19.8 Å². The molecule has 0 saturated carbocycles. The number of rotatable bonds is 6.